The van der Waals surface area contributed by atoms with Crippen molar-refractivity contribution in [3.63, 3.8) is 0 Å². The summed E-state index contributed by atoms with van der Waals surface area (Å²) in [5.74, 6) is -2.16. The van der Waals surface area contributed by atoms with Gasteiger partial charge in [0, 0.05) is 24.6 Å². The molecule has 1 saturated carbocycles. The number of carbonyl (C=O) groups excluding carboxylic acids is 1. The van der Waals surface area contributed by atoms with Crippen LogP contribution in [0.2, 0.25) is 0 Å². The Kier molecular flexibility index (Phi) is 4.92. The van der Waals surface area contributed by atoms with Crippen molar-refractivity contribution in [1.29, 1.82) is 0 Å². The summed E-state index contributed by atoms with van der Waals surface area (Å²) in [5.41, 5.74) is -0.307. The van der Waals surface area contributed by atoms with E-state index in [-0.39, 0.29) is 39.3 Å². The van der Waals surface area contributed by atoms with E-state index in [2.05, 4.69) is 10.1 Å². The lowest BCUT2D eigenvalue weighted by Crippen LogP contribution is -2.23. The van der Waals surface area contributed by atoms with Crippen LogP contribution >= 0.6 is 0 Å². The number of Topliss-reactive ketones (excluding diaryl/α,β-unsaturated/α-hetero) is 1. The van der Waals surface area contributed by atoms with Crippen molar-refractivity contribution in [1.82, 2.24) is 19.3 Å². The van der Waals surface area contributed by atoms with Crippen LogP contribution in [-0.4, -0.2) is 25.1 Å². The number of rotatable bonds is 5. The normalized spacial score (nSPS) is 13.6. The minimum atomic E-state index is -0.851. The van der Waals surface area contributed by atoms with Gasteiger partial charge in [-0.3, -0.25) is 14.2 Å². The Bertz CT molecular complexity index is 1480. The maximum Gasteiger partial charge on any atom is 0.278 e. The first kappa shape index (κ1) is 21.1. The molecule has 0 bridgehead atoms. The lowest BCUT2D eigenvalue weighted by atomic mass is 9.97. The monoisotopic (exact) mass is 452 g/mol. The fourth-order valence-electron chi connectivity index (χ4n) is 3.97. The Morgan fingerprint density at radius 3 is 2.48 bits per heavy atom. The van der Waals surface area contributed by atoms with Gasteiger partial charge in [-0.15, -0.1) is 0 Å². The number of hydrogen-bond donors (Lipinski definition) is 0. The van der Waals surface area contributed by atoms with E-state index in [4.69, 9.17) is 0 Å². The number of para-hydroxylation sites is 1. The SMILES string of the molecule is Cc1c(F)cc(C(=O)CC2CC2)cc1-c1nc2cnn(-c3c(F)cccc3F)c2n(C)c1=O. The highest BCUT2D eigenvalue weighted by Gasteiger charge is 2.27. The van der Waals surface area contributed by atoms with E-state index in [0.29, 0.717) is 12.3 Å². The second-order valence-corrected chi connectivity index (χ2v) is 8.36. The zero-order chi connectivity index (χ0) is 23.4. The van der Waals surface area contributed by atoms with Crippen LogP contribution in [0.15, 0.2) is 41.3 Å². The Morgan fingerprint density at radius 1 is 1.12 bits per heavy atom. The summed E-state index contributed by atoms with van der Waals surface area (Å²) in [4.78, 5) is 30.2. The fourth-order valence-corrected chi connectivity index (χ4v) is 3.97. The molecule has 1 fully saturated rings. The summed E-state index contributed by atoms with van der Waals surface area (Å²) in [6.07, 6.45) is 3.59. The van der Waals surface area contributed by atoms with Gasteiger partial charge >= 0.3 is 0 Å². The third-order valence-corrected chi connectivity index (χ3v) is 6.02. The number of ketones is 1. The van der Waals surface area contributed by atoms with Gasteiger partial charge in [0.2, 0.25) is 0 Å². The largest absolute Gasteiger partial charge is 0.294 e. The Labute approximate surface area is 186 Å². The van der Waals surface area contributed by atoms with Crippen LogP contribution < -0.4 is 5.56 Å². The molecule has 0 saturated heterocycles. The lowest BCUT2D eigenvalue weighted by Gasteiger charge is -2.12. The second-order valence-electron chi connectivity index (χ2n) is 8.36. The number of carbonyl (C=O) groups is 1. The van der Waals surface area contributed by atoms with E-state index in [1.54, 1.807) is 0 Å². The number of fused-ring (bicyclic) bond motifs is 1. The molecule has 0 radical (unpaired) electrons. The first-order valence-corrected chi connectivity index (χ1v) is 10.5. The minimum absolute atomic E-state index is 0.0731. The van der Waals surface area contributed by atoms with E-state index in [9.17, 15) is 22.8 Å². The van der Waals surface area contributed by atoms with E-state index in [0.717, 1.165) is 34.2 Å². The molecule has 2 aromatic carbocycles. The highest BCUT2D eigenvalue weighted by atomic mass is 19.1. The van der Waals surface area contributed by atoms with Crippen molar-refractivity contribution in [3.05, 3.63) is 75.5 Å². The summed E-state index contributed by atoms with van der Waals surface area (Å²) in [6.45, 7) is 1.50. The van der Waals surface area contributed by atoms with E-state index >= 15 is 0 Å². The van der Waals surface area contributed by atoms with Gasteiger partial charge in [0.25, 0.3) is 5.56 Å². The molecular weight excluding hydrogens is 433 g/mol. The molecule has 6 nitrogen and oxygen atoms in total. The van der Waals surface area contributed by atoms with E-state index in [1.807, 2.05) is 0 Å². The molecular formula is C24H19F3N4O2. The number of halogens is 3. The molecule has 33 heavy (non-hydrogen) atoms. The number of aryl methyl sites for hydroxylation is 1. The molecule has 0 amide bonds. The molecule has 168 valence electrons. The molecule has 2 heterocycles. The van der Waals surface area contributed by atoms with Crippen molar-refractivity contribution in [3.8, 4) is 16.9 Å². The molecule has 0 unspecified atom stereocenters. The zero-order valence-corrected chi connectivity index (χ0v) is 17.9. The molecule has 1 aliphatic carbocycles. The van der Waals surface area contributed by atoms with Crippen molar-refractivity contribution >= 4 is 16.9 Å². The molecule has 2 aromatic heterocycles. The maximum absolute atomic E-state index is 14.7. The van der Waals surface area contributed by atoms with Crippen LogP contribution in [-0.2, 0) is 7.05 Å². The summed E-state index contributed by atoms with van der Waals surface area (Å²) in [7, 11) is 1.42. The molecule has 0 N–H and O–H groups in total. The molecule has 4 aromatic rings. The van der Waals surface area contributed by atoms with Gasteiger partial charge in [-0.25, -0.2) is 22.8 Å². The van der Waals surface area contributed by atoms with Crippen molar-refractivity contribution in [2.24, 2.45) is 13.0 Å². The minimum Gasteiger partial charge on any atom is -0.294 e. The van der Waals surface area contributed by atoms with E-state index in [1.165, 1.54) is 38.4 Å². The van der Waals surface area contributed by atoms with Crippen LogP contribution in [0.3, 0.4) is 0 Å². The van der Waals surface area contributed by atoms with Crippen LogP contribution in [0.1, 0.15) is 35.2 Å². The first-order valence-electron chi connectivity index (χ1n) is 10.5. The Morgan fingerprint density at radius 2 is 1.82 bits per heavy atom. The quantitative estimate of drug-likeness (QED) is 0.418. The molecule has 0 spiro atoms. The van der Waals surface area contributed by atoms with Gasteiger partial charge in [0.05, 0.1) is 6.20 Å². The van der Waals surface area contributed by atoms with Gasteiger partial charge in [-0.2, -0.15) is 5.10 Å². The smallest absolute Gasteiger partial charge is 0.278 e. The van der Waals surface area contributed by atoms with Crippen molar-refractivity contribution in [2.75, 3.05) is 0 Å². The maximum atomic E-state index is 14.7. The van der Waals surface area contributed by atoms with Crippen LogP contribution in [0.25, 0.3) is 28.1 Å². The van der Waals surface area contributed by atoms with Crippen molar-refractivity contribution < 1.29 is 18.0 Å². The van der Waals surface area contributed by atoms with Crippen LogP contribution in [0.4, 0.5) is 13.2 Å². The van der Waals surface area contributed by atoms with Gasteiger partial charge < -0.3 is 0 Å². The molecule has 0 atom stereocenters. The van der Waals surface area contributed by atoms with Gasteiger partial charge in [0.15, 0.2) is 23.1 Å². The summed E-state index contributed by atoms with van der Waals surface area (Å²) >= 11 is 0. The number of hydrogen-bond acceptors (Lipinski definition) is 4. The molecule has 0 aliphatic heterocycles. The number of benzene rings is 2. The highest BCUT2D eigenvalue weighted by Crippen LogP contribution is 2.34. The predicted molar refractivity (Wildman–Crippen MR) is 116 cm³/mol. The van der Waals surface area contributed by atoms with Gasteiger partial charge in [-0.05, 0) is 55.5 Å². The highest BCUT2D eigenvalue weighted by molar-refractivity contribution is 5.97. The van der Waals surface area contributed by atoms with Gasteiger partial charge in [0.1, 0.15) is 22.7 Å². The standard InChI is InChI=1S/C24H19F3N4O2/c1-12-15(9-14(10-18(12)27)20(32)8-13-6-7-13)21-24(33)30(2)23-19(29-21)11-28-31(23)22-16(25)4-3-5-17(22)26/h3-5,9-11,13H,6-8H2,1-2H3. The fraction of sp³-hybridized carbons (Fsp3) is 0.250. The van der Waals surface area contributed by atoms with E-state index < -0.39 is 28.7 Å². The van der Waals surface area contributed by atoms with Crippen LogP contribution in [0, 0.1) is 30.3 Å². The number of nitrogens with zero attached hydrogens (tertiary/aromatic N) is 4. The first-order chi connectivity index (χ1) is 15.8. The third-order valence-electron chi connectivity index (χ3n) is 6.02. The second kappa shape index (κ2) is 7.68. The Balaban J connectivity index is 1.70. The third kappa shape index (κ3) is 3.53. The summed E-state index contributed by atoms with van der Waals surface area (Å²) in [6, 6.07) is 6.07. The van der Waals surface area contributed by atoms with Gasteiger partial charge in [-0.1, -0.05) is 6.07 Å². The topological polar surface area (TPSA) is 69.8 Å². The molecule has 1 aliphatic rings. The molecule has 9 heteroatoms. The zero-order valence-electron chi connectivity index (χ0n) is 17.9. The Hall–Kier alpha value is -3.75. The molecule has 5 rings (SSSR count). The average Bonchev–Trinajstić information content (AvgIpc) is 3.49. The number of aromatic nitrogens is 4. The summed E-state index contributed by atoms with van der Waals surface area (Å²) < 4.78 is 45.5. The predicted octanol–water partition coefficient (Wildman–Crippen LogP) is 4.49. The van der Waals surface area contributed by atoms with Crippen molar-refractivity contribution in [2.45, 2.75) is 26.2 Å². The summed E-state index contributed by atoms with van der Waals surface area (Å²) in [5, 5.41) is 4.04. The lowest BCUT2D eigenvalue weighted by molar-refractivity contribution is 0.0975. The average molecular weight is 452 g/mol. The van der Waals surface area contributed by atoms with Crippen LogP contribution in [0.5, 0.6) is 0 Å².